The van der Waals surface area contributed by atoms with Gasteiger partial charge >= 0.3 is 0 Å². The molecule has 0 fully saturated rings. The Morgan fingerprint density at radius 3 is 2.75 bits per heavy atom. The summed E-state index contributed by atoms with van der Waals surface area (Å²) in [4.78, 5) is 1.99. The van der Waals surface area contributed by atoms with Crippen LogP contribution < -0.4 is 0 Å². The monoisotopic (exact) mass is 298 g/mol. The summed E-state index contributed by atoms with van der Waals surface area (Å²) in [5.74, 6) is 0.803. The molecule has 4 aromatic rings. The Labute approximate surface area is 123 Å². The maximum atomic E-state index is 4.65. The van der Waals surface area contributed by atoms with E-state index in [1.165, 1.54) is 5.56 Å². The standard InChI is InChI=1S/C14H10N4S2/c1-9-5-2-3-6-10(9)12-15-16-14-18(12)17-13(20-14)11-7-4-8-19-11/h2-8H,1H3. The van der Waals surface area contributed by atoms with Crippen molar-refractivity contribution in [2.24, 2.45) is 0 Å². The fourth-order valence-corrected chi connectivity index (χ4v) is 3.74. The highest BCUT2D eigenvalue weighted by Crippen LogP contribution is 2.31. The SMILES string of the molecule is Cc1ccccc1-c1nnc2sc(-c3cccs3)nn12. The summed E-state index contributed by atoms with van der Waals surface area (Å²) in [7, 11) is 0. The van der Waals surface area contributed by atoms with Crippen LogP contribution in [0.3, 0.4) is 0 Å². The summed E-state index contributed by atoms with van der Waals surface area (Å²) in [6, 6.07) is 12.3. The molecule has 0 amide bonds. The molecule has 0 radical (unpaired) electrons. The van der Waals surface area contributed by atoms with Crippen LogP contribution in [0.1, 0.15) is 5.56 Å². The maximum absolute atomic E-state index is 4.65. The third kappa shape index (κ3) is 1.76. The van der Waals surface area contributed by atoms with Gasteiger partial charge in [-0.15, -0.1) is 21.5 Å². The number of fused-ring (bicyclic) bond motifs is 1. The Morgan fingerprint density at radius 2 is 1.95 bits per heavy atom. The molecule has 0 unspecified atom stereocenters. The molecule has 4 nitrogen and oxygen atoms in total. The Balaban J connectivity index is 1.92. The third-order valence-corrected chi connectivity index (χ3v) is 5.05. The molecule has 1 aromatic carbocycles. The van der Waals surface area contributed by atoms with Gasteiger partial charge in [-0.25, -0.2) is 0 Å². The van der Waals surface area contributed by atoms with Crippen molar-refractivity contribution < 1.29 is 0 Å². The first kappa shape index (κ1) is 11.7. The molecule has 0 aliphatic rings. The van der Waals surface area contributed by atoms with Crippen LogP contribution in [-0.4, -0.2) is 19.8 Å². The van der Waals surface area contributed by atoms with Crippen molar-refractivity contribution in [3.05, 3.63) is 47.3 Å². The largest absolute Gasteiger partial charge is 0.235 e. The number of thiophene rings is 1. The number of hydrogen-bond acceptors (Lipinski definition) is 5. The van der Waals surface area contributed by atoms with Crippen molar-refractivity contribution in [1.29, 1.82) is 0 Å². The Bertz CT molecular complexity index is 874. The lowest BCUT2D eigenvalue weighted by Gasteiger charge is -2.00. The van der Waals surface area contributed by atoms with Gasteiger partial charge in [-0.05, 0) is 23.9 Å². The molecule has 0 N–H and O–H groups in total. The van der Waals surface area contributed by atoms with Gasteiger partial charge in [0.2, 0.25) is 4.96 Å². The second-order valence-corrected chi connectivity index (χ2v) is 6.32. The van der Waals surface area contributed by atoms with E-state index < -0.39 is 0 Å². The van der Waals surface area contributed by atoms with Gasteiger partial charge in [-0.1, -0.05) is 41.7 Å². The smallest absolute Gasteiger partial charge is 0.182 e. The fourth-order valence-electron chi connectivity index (χ4n) is 2.11. The third-order valence-electron chi connectivity index (χ3n) is 3.11. The van der Waals surface area contributed by atoms with E-state index in [0.29, 0.717) is 0 Å². The second-order valence-electron chi connectivity index (χ2n) is 4.42. The first-order valence-corrected chi connectivity index (χ1v) is 7.84. The molecule has 0 atom stereocenters. The molecule has 0 spiro atoms. The highest BCUT2D eigenvalue weighted by atomic mass is 32.1. The van der Waals surface area contributed by atoms with Crippen molar-refractivity contribution in [1.82, 2.24) is 19.8 Å². The van der Waals surface area contributed by atoms with E-state index in [2.05, 4.69) is 45.8 Å². The van der Waals surface area contributed by atoms with Gasteiger partial charge < -0.3 is 0 Å². The van der Waals surface area contributed by atoms with Crippen molar-refractivity contribution in [3.8, 4) is 21.3 Å². The van der Waals surface area contributed by atoms with Gasteiger partial charge in [0.15, 0.2) is 10.8 Å². The van der Waals surface area contributed by atoms with Crippen molar-refractivity contribution >= 4 is 27.6 Å². The summed E-state index contributed by atoms with van der Waals surface area (Å²) < 4.78 is 1.84. The molecule has 6 heteroatoms. The molecule has 0 aliphatic heterocycles. The minimum Gasteiger partial charge on any atom is -0.182 e. The molecular weight excluding hydrogens is 288 g/mol. The summed E-state index contributed by atoms with van der Waals surface area (Å²) in [5, 5.41) is 16.2. The molecular formula is C14H10N4S2. The van der Waals surface area contributed by atoms with Crippen molar-refractivity contribution in [3.63, 3.8) is 0 Å². The van der Waals surface area contributed by atoms with Crippen LogP contribution in [0.4, 0.5) is 0 Å². The van der Waals surface area contributed by atoms with Gasteiger partial charge in [0.05, 0.1) is 4.88 Å². The summed E-state index contributed by atoms with van der Waals surface area (Å²) in [5.41, 5.74) is 2.25. The van der Waals surface area contributed by atoms with Crippen LogP contribution in [0.5, 0.6) is 0 Å². The van der Waals surface area contributed by atoms with Crippen LogP contribution in [0.15, 0.2) is 41.8 Å². The van der Waals surface area contributed by atoms with Gasteiger partial charge in [0.25, 0.3) is 0 Å². The van der Waals surface area contributed by atoms with Crippen LogP contribution >= 0.6 is 22.7 Å². The van der Waals surface area contributed by atoms with Crippen LogP contribution in [0.2, 0.25) is 0 Å². The Kier molecular flexibility index (Phi) is 2.64. The highest BCUT2D eigenvalue weighted by molar-refractivity contribution is 7.23. The quantitative estimate of drug-likeness (QED) is 0.564. The van der Waals surface area contributed by atoms with E-state index in [1.807, 2.05) is 22.7 Å². The number of hydrogen-bond donors (Lipinski definition) is 0. The van der Waals surface area contributed by atoms with E-state index in [9.17, 15) is 0 Å². The number of rotatable bonds is 2. The first-order valence-electron chi connectivity index (χ1n) is 6.15. The lowest BCUT2D eigenvalue weighted by atomic mass is 10.1. The van der Waals surface area contributed by atoms with Gasteiger partial charge in [0.1, 0.15) is 0 Å². The van der Waals surface area contributed by atoms with Gasteiger partial charge in [0, 0.05) is 5.56 Å². The predicted octanol–water partition coefficient (Wildman–Crippen LogP) is 3.89. The maximum Gasteiger partial charge on any atom is 0.235 e. The predicted molar refractivity (Wildman–Crippen MR) is 82.1 cm³/mol. The van der Waals surface area contributed by atoms with Gasteiger partial charge in [-0.2, -0.15) is 9.61 Å². The molecule has 3 aromatic heterocycles. The lowest BCUT2D eigenvalue weighted by molar-refractivity contribution is 0.970. The Hall–Kier alpha value is -2.05. The number of benzene rings is 1. The molecule has 4 rings (SSSR count). The van der Waals surface area contributed by atoms with E-state index in [4.69, 9.17) is 0 Å². The molecule has 20 heavy (non-hydrogen) atoms. The summed E-state index contributed by atoms with van der Waals surface area (Å²) in [6.45, 7) is 2.07. The molecule has 0 saturated carbocycles. The zero-order chi connectivity index (χ0) is 13.5. The number of nitrogens with zero attached hydrogens (tertiary/aromatic N) is 4. The average Bonchev–Trinajstić information content (AvgIpc) is 3.15. The molecule has 0 aliphatic carbocycles. The zero-order valence-electron chi connectivity index (χ0n) is 10.6. The summed E-state index contributed by atoms with van der Waals surface area (Å²) >= 11 is 3.25. The minimum atomic E-state index is 0.803. The van der Waals surface area contributed by atoms with Crippen LogP contribution in [0, 0.1) is 6.92 Å². The normalized spacial score (nSPS) is 11.2. The zero-order valence-corrected chi connectivity index (χ0v) is 12.3. The van der Waals surface area contributed by atoms with Crippen molar-refractivity contribution in [2.45, 2.75) is 6.92 Å². The molecule has 0 bridgehead atoms. The highest BCUT2D eigenvalue weighted by Gasteiger charge is 2.15. The topological polar surface area (TPSA) is 43.1 Å². The molecule has 98 valence electrons. The molecule has 3 heterocycles. The number of aromatic nitrogens is 4. The Morgan fingerprint density at radius 1 is 1.05 bits per heavy atom. The molecule has 0 saturated heterocycles. The van der Waals surface area contributed by atoms with E-state index in [1.54, 1.807) is 22.7 Å². The van der Waals surface area contributed by atoms with E-state index in [-0.39, 0.29) is 0 Å². The average molecular weight is 298 g/mol. The van der Waals surface area contributed by atoms with E-state index >= 15 is 0 Å². The fraction of sp³-hybridized carbons (Fsp3) is 0.0714. The summed E-state index contributed by atoms with van der Waals surface area (Å²) in [6.07, 6.45) is 0. The van der Waals surface area contributed by atoms with E-state index in [0.717, 1.165) is 26.2 Å². The van der Waals surface area contributed by atoms with Crippen LogP contribution in [0.25, 0.3) is 26.2 Å². The van der Waals surface area contributed by atoms with Crippen molar-refractivity contribution in [2.75, 3.05) is 0 Å². The second kappa shape index (κ2) is 4.50. The number of aryl methyl sites for hydroxylation is 1. The first-order chi connectivity index (χ1) is 9.83. The minimum absolute atomic E-state index is 0.803. The van der Waals surface area contributed by atoms with Crippen LogP contribution in [-0.2, 0) is 0 Å². The lowest BCUT2D eigenvalue weighted by Crippen LogP contribution is -1.92. The van der Waals surface area contributed by atoms with Gasteiger partial charge in [-0.3, -0.25) is 0 Å².